The van der Waals surface area contributed by atoms with Gasteiger partial charge in [-0.3, -0.25) is 13.9 Å². The Morgan fingerprint density at radius 1 is 1.03 bits per heavy atom. The first kappa shape index (κ1) is 21.9. The summed E-state index contributed by atoms with van der Waals surface area (Å²) in [7, 11) is 3.15. The van der Waals surface area contributed by atoms with E-state index in [0.717, 1.165) is 16.5 Å². The highest BCUT2D eigenvalue weighted by Crippen LogP contribution is 2.34. The van der Waals surface area contributed by atoms with Crippen LogP contribution < -0.4 is 20.7 Å². The summed E-state index contributed by atoms with van der Waals surface area (Å²) in [6.07, 6.45) is 5.06. The van der Waals surface area contributed by atoms with Crippen LogP contribution in [-0.4, -0.2) is 33.3 Å². The average molecular weight is 477 g/mol. The van der Waals surface area contributed by atoms with Gasteiger partial charge in [0.1, 0.15) is 11.3 Å². The topological polar surface area (TPSA) is 91.1 Å². The molecule has 3 rings (SSSR count). The predicted molar refractivity (Wildman–Crippen MR) is 121 cm³/mol. The maximum absolute atomic E-state index is 12.8. The number of nitrogens with one attached hydrogen (secondary N) is 1. The Labute approximate surface area is 182 Å². The summed E-state index contributed by atoms with van der Waals surface area (Å²) in [4.78, 5) is 33.2. The summed E-state index contributed by atoms with van der Waals surface area (Å²) >= 11 is 3.52. The van der Waals surface area contributed by atoms with Gasteiger partial charge in [0, 0.05) is 17.6 Å². The number of aromatic amines is 1. The minimum Gasteiger partial charge on any atom is -0.493 e. The average Bonchev–Trinajstić information content (AvgIpc) is 3.17. The van der Waals surface area contributed by atoms with Crippen molar-refractivity contribution in [1.82, 2.24) is 19.1 Å². The zero-order chi connectivity index (χ0) is 21.8. The van der Waals surface area contributed by atoms with E-state index in [0.29, 0.717) is 48.0 Å². The van der Waals surface area contributed by atoms with Gasteiger partial charge in [0.15, 0.2) is 17.1 Å². The van der Waals surface area contributed by atoms with Crippen LogP contribution >= 0.6 is 15.9 Å². The van der Waals surface area contributed by atoms with E-state index in [1.807, 2.05) is 32.1 Å². The monoisotopic (exact) mass is 476 g/mol. The Kier molecular flexibility index (Phi) is 6.81. The van der Waals surface area contributed by atoms with E-state index >= 15 is 0 Å². The summed E-state index contributed by atoms with van der Waals surface area (Å²) in [5, 5.41) is 0. The van der Waals surface area contributed by atoms with Gasteiger partial charge in [0.2, 0.25) is 0 Å². The van der Waals surface area contributed by atoms with Crippen LogP contribution in [0.2, 0.25) is 0 Å². The number of benzene rings is 1. The lowest BCUT2D eigenvalue weighted by Gasteiger charge is -2.09. The summed E-state index contributed by atoms with van der Waals surface area (Å²) < 4.78 is 14.3. The number of H-pyrrole nitrogens is 1. The molecule has 0 fully saturated rings. The molecular formula is C21H25BrN4O4. The predicted octanol–water partition coefficient (Wildman–Crippen LogP) is 3.66. The lowest BCUT2D eigenvalue weighted by Crippen LogP contribution is -2.40. The molecule has 0 aliphatic rings. The number of aryl methyl sites for hydroxylation is 1. The van der Waals surface area contributed by atoms with Gasteiger partial charge in [-0.25, -0.2) is 9.78 Å². The molecule has 30 heavy (non-hydrogen) atoms. The molecule has 2 heterocycles. The first-order valence-electron chi connectivity index (χ1n) is 9.78. The molecule has 1 N–H and O–H groups in total. The highest BCUT2D eigenvalue weighted by atomic mass is 79.9. The maximum Gasteiger partial charge on any atom is 0.332 e. The largest absolute Gasteiger partial charge is 0.493 e. The first-order valence-corrected chi connectivity index (χ1v) is 10.6. The number of nitrogens with zero attached hydrogens (tertiary/aromatic N) is 3. The number of rotatable bonds is 8. The van der Waals surface area contributed by atoms with Crippen molar-refractivity contribution in [2.45, 2.75) is 39.8 Å². The Balaban J connectivity index is 2.10. The van der Waals surface area contributed by atoms with Crippen LogP contribution in [0.15, 0.2) is 26.2 Å². The molecular weight excluding hydrogens is 452 g/mol. The van der Waals surface area contributed by atoms with Crippen LogP contribution in [0.3, 0.4) is 0 Å². The Morgan fingerprint density at radius 2 is 1.67 bits per heavy atom. The number of methoxy groups -OCH3 is 2. The van der Waals surface area contributed by atoms with Gasteiger partial charge < -0.3 is 14.5 Å². The van der Waals surface area contributed by atoms with Gasteiger partial charge in [-0.2, -0.15) is 0 Å². The number of imidazole rings is 1. The van der Waals surface area contributed by atoms with E-state index in [9.17, 15) is 9.59 Å². The lowest BCUT2D eigenvalue weighted by atomic mass is 10.2. The Hall–Kier alpha value is -2.81. The molecule has 160 valence electrons. The van der Waals surface area contributed by atoms with Crippen LogP contribution in [-0.2, 0) is 13.1 Å². The smallest absolute Gasteiger partial charge is 0.332 e. The van der Waals surface area contributed by atoms with Crippen LogP contribution in [0.25, 0.3) is 23.3 Å². The molecule has 0 saturated carbocycles. The van der Waals surface area contributed by atoms with Crippen molar-refractivity contribution in [3.05, 3.63) is 48.8 Å². The number of hydrogen-bond donors (Lipinski definition) is 1. The van der Waals surface area contributed by atoms with Gasteiger partial charge in [0.25, 0.3) is 5.56 Å². The standard InChI is InChI=1S/C21H25BrN4O4/c1-5-9-25-19-18(20(27)26(10-6-2)21(25)28)23-17(24-19)8-7-13-11-15(29-3)16(30-4)12-14(13)22/h7-8,11-12H,5-6,9-10H2,1-4H3,(H,23,24)/b8-7+. The van der Waals surface area contributed by atoms with E-state index < -0.39 is 0 Å². The molecule has 0 bridgehead atoms. The third kappa shape index (κ3) is 4.07. The minimum absolute atomic E-state index is 0.319. The van der Waals surface area contributed by atoms with Gasteiger partial charge in [-0.1, -0.05) is 35.9 Å². The van der Waals surface area contributed by atoms with E-state index in [1.165, 1.54) is 4.57 Å². The molecule has 0 spiro atoms. The fraction of sp³-hybridized carbons (Fsp3) is 0.381. The lowest BCUT2D eigenvalue weighted by molar-refractivity contribution is 0.354. The second kappa shape index (κ2) is 9.34. The summed E-state index contributed by atoms with van der Waals surface area (Å²) in [6, 6.07) is 3.66. The highest BCUT2D eigenvalue weighted by Gasteiger charge is 2.16. The zero-order valence-electron chi connectivity index (χ0n) is 17.5. The number of hydrogen-bond acceptors (Lipinski definition) is 5. The van der Waals surface area contributed by atoms with E-state index in [4.69, 9.17) is 9.47 Å². The van der Waals surface area contributed by atoms with E-state index in [1.54, 1.807) is 24.9 Å². The van der Waals surface area contributed by atoms with Crippen molar-refractivity contribution in [3.63, 3.8) is 0 Å². The van der Waals surface area contributed by atoms with Crippen molar-refractivity contribution >= 4 is 39.2 Å². The molecule has 3 aromatic rings. The molecule has 0 atom stereocenters. The van der Waals surface area contributed by atoms with Crippen LogP contribution in [0, 0.1) is 0 Å². The molecule has 0 saturated heterocycles. The second-order valence-corrected chi connectivity index (χ2v) is 7.63. The molecule has 0 radical (unpaired) electrons. The molecule has 9 heteroatoms. The van der Waals surface area contributed by atoms with Crippen molar-refractivity contribution in [2.24, 2.45) is 0 Å². The van der Waals surface area contributed by atoms with Crippen molar-refractivity contribution in [1.29, 1.82) is 0 Å². The van der Waals surface area contributed by atoms with Gasteiger partial charge in [-0.05, 0) is 36.6 Å². The molecule has 1 aromatic carbocycles. The van der Waals surface area contributed by atoms with Crippen LogP contribution in [0.5, 0.6) is 11.5 Å². The number of ether oxygens (including phenoxy) is 2. The first-order chi connectivity index (χ1) is 14.4. The van der Waals surface area contributed by atoms with Crippen molar-refractivity contribution in [3.8, 4) is 11.5 Å². The second-order valence-electron chi connectivity index (χ2n) is 6.77. The molecule has 0 aliphatic heterocycles. The molecule has 8 nitrogen and oxygen atoms in total. The van der Waals surface area contributed by atoms with Gasteiger partial charge in [0.05, 0.1) is 14.2 Å². The maximum atomic E-state index is 12.8. The Bertz CT molecular complexity index is 1210. The molecule has 0 unspecified atom stereocenters. The van der Waals surface area contributed by atoms with E-state index in [2.05, 4.69) is 25.9 Å². The van der Waals surface area contributed by atoms with Gasteiger partial charge in [-0.15, -0.1) is 0 Å². The van der Waals surface area contributed by atoms with E-state index in [-0.39, 0.29) is 11.2 Å². The number of fused-ring (bicyclic) bond motifs is 1. The van der Waals surface area contributed by atoms with Crippen molar-refractivity contribution < 1.29 is 9.47 Å². The van der Waals surface area contributed by atoms with Crippen molar-refractivity contribution in [2.75, 3.05) is 14.2 Å². The fourth-order valence-corrected chi connectivity index (χ4v) is 3.73. The number of halogens is 1. The third-order valence-corrected chi connectivity index (χ3v) is 5.38. The number of aromatic nitrogens is 4. The molecule has 0 aliphatic carbocycles. The summed E-state index contributed by atoms with van der Waals surface area (Å²) in [5.41, 5.74) is 0.903. The summed E-state index contributed by atoms with van der Waals surface area (Å²) in [6.45, 7) is 4.78. The third-order valence-electron chi connectivity index (χ3n) is 4.70. The normalized spacial score (nSPS) is 11.5. The van der Waals surface area contributed by atoms with Crippen LogP contribution in [0.1, 0.15) is 38.1 Å². The van der Waals surface area contributed by atoms with Crippen LogP contribution in [0.4, 0.5) is 0 Å². The fourth-order valence-electron chi connectivity index (χ4n) is 3.28. The molecule has 0 amide bonds. The summed E-state index contributed by atoms with van der Waals surface area (Å²) in [5.74, 6) is 1.71. The highest BCUT2D eigenvalue weighted by molar-refractivity contribution is 9.10. The van der Waals surface area contributed by atoms with Gasteiger partial charge >= 0.3 is 5.69 Å². The zero-order valence-corrected chi connectivity index (χ0v) is 19.1. The molecule has 2 aromatic heterocycles. The quantitative estimate of drug-likeness (QED) is 0.535. The minimum atomic E-state index is -0.344. The SMILES string of the molecule is CCCn1c(=O)c2[nH]c(/C=C/c3cc(OC)c(OC)cc3Br)nc2n(CCC)c1=O. The Morgan fingerprint density at radius 3 is 2.30 bits per heavy atom.